The first-order chi connectivity index (χ1) is 10.5. The van der Waals surface area contributed by atoms with E-state index in [1.807, 2.05) is 26.8 Å². The van der Waals surface area contributed by atoms with Crippen molar-refractivity contribution >= 4 is 5.91 Å². The topological polar surface area (TPSA) is 79.9 Å². The standard InChI is InChI=1S/C16H20N4O2/c1-9-4-12(7-17-6-9)8-18-16(21)15-13-5-10(2)22-11(3)14(13)19-20-15/h4,6-7,10-11H,5,8H2,1-3H3,(H,18,21)(H,19,20)/t10-,11+/m1/s1. The van der Waals surface area contributed by atoms with Crippen LogP contribution in [0.4, 0.5) is 0 Å². The van der Waals surface area contributed by atoms with Gasteiger partial charge in [-0.3, -0.25) is 14.9 Å². The Kier molecular flexibility index (Phi) is 3.94. The molecular formula is C16H20N4O2. The lowest BCUT2D eigenvalue weighted by Crippen LogP contribution is -2.27. The molecule has 0 unspecified atom stereocenters. The number of hydrogen-bond donors (Lipinski definition) is 2. The average Bonchev–Trinajstić information content (AvgIpc) is 2.89. The van der Waals surface area contributed by atoms with Crippen molar-refractivity contribution in [1.82, 2.24) is 20.5 Å². The summed E-state index contributed by atoms with van der Waals surface area (Å²) in [7, 11) is 0. The van der Waals surface area contributed by atoms with E-state index < -0.39 is 0 Å². The summed E-state index contributed by atoms with van der Waals surface area (Å²) in [5.74, 6) is -0.166. The Morgan fingerprint density at radius 2 is 2.27 bits per heavy atom. The van der Waals surface area contributed by atoms with Crippen molar-refractivity contribution in [2.45, 2.75) is 45.9 Å². The van der Waals surface area contributed by atoms with Gasteiger partial charge >= 0.3 is 0 Å². The largest absolute Gasteiger partial charge is 0.369 e. The molecule has 1 aliphatic rings. The molecule has 116 valence electrons. The minimum Gasteiger partial charge on any atom is -0.369 e. The number of aromatic amines is 1. The molecule has 0 bridgehead atoms. The lowest BCUT2D eigenvalue weighted by atomic mass is 9.99. The first-order valence-corrected chi connectivity index (χ1v) is 7.46. The van der Waals surface area contributed by atoms with E-state index in [4.69, 9.17) is 4.74 Å². The maximum atomic E-state index is 12.4. The number of carbonyl (C=O) groups excluding carboxylic acids is 1. The summed E-state index contributed by atoms with van der Waals surface area (Å²) in [6, 6.07) is 2.01. The zero-order chi connectivity index (χ0) is 15.7. The molecule has 22 heavy (non-hydrogen) atoms. The molecular weight excluding hydrogens is 280 g/mol. The van der Waals surface area contributed by atoms with Crippen LogP contribution in [-0.4, -0.2) is 27.2 Å². The molecule has 2 atom stereocenters. The van der Waals surface area contributed by atoms with Gasteiger partial charge in [-0.25, -0.2) is 0 Å². The molecule has 2 aromatic heterocycles. The van der Waals surface area contributed by atoms with E-state index >= 15 is 0 Å². The molecule has 0 saturated heterocycles. The second-order valence-electron chi connectivity index (χ2n) is 5.81. The van der Waals surface area contributed by atoms with Crippen LogP contribution < -0.4 is 5.32 Å². The van der Waals surface area contributed by atoms with Crippen LogP contribution in [0.2, 0.25) is 0 Å². The summed E-state index contributed by atoms with van der Waals surface area (Å²) in [6.45, 7) is 6.39. The molecule has 6 nitrogen and oxygen atoms in total. The Hall–Kier alpha value is -2.21. The maximum Gasteiger partial charge on any atom is 0.272 e. The van der Waals surface area contributed by atoms with Crippen LogP contribution >= 0.6 is 0 Å². The summed E-state index contributed by atoms with van der Waals surface area (Å²) >= 11 is 0. The quantitative estimate of drug-likeness (QED) is 0.909. The fourth-order valence-electron chi connectivity index (χ4n) is 2.84. The second kappa shape index (κ2) is 5.88. The fourth-order valence-corrected chi connectivity index (χ4v) is 2.84. The molecule has 3 rings (SSSR count). The number of hydrogen-bond acceptors (Lipinski definition) is 4. The van der Waals surface area contributed by atoms with E-state index in [-0.39, 0.29) is 18.1 Å². The van der Waals surface area contributed by atoms with Gasteiger partial charge in [0.1, 0.15) is 0 Å². The summed E-state index contributed by atoms with van der Waals surface area (Å²) in [5, 5.41) is 10.0. The number of pyridine rings is 1. The number of aromatic nitrogens is 3. The van der Waals surface area contributed by atoms with Crippen molar-refractivity contribution in [2.24, 2.45) is 0 Å². The summed E-state index contributed by atoms with van der Waals surface area (Å²) in [5.41, 5.74) is 4.38. The third-order valence-corrected chi connectivity index (χ3v) is 3.83. The number of amides is 1. The van der Waals surface area contributed by atoms with E-state index in [9.17, 15) is 4.79 Å². The molecule has 0 aliphatic carbocycles. The molecule has 0 fully saturated rings. The van der Waals surface area contributed by atoms with Crippen LogP contribution in [0.3, 0.4) is 0 Å². The van der Waals surface area contributed by atoms with Gasteiger partial charge in [0.05, 0.1) is 17.9 Å². The van der Waals surface area contributed by atoms with Gasteiger partial charge in [0.2, 0.25) is 0 Å². The molecule has 0 spiro atoms. The number of carbonyl (C=O) groups is 1. The Morgan fingerprint density at radius 1 is 1.45 bits per heavy atom. The van der Waals surface area contributed by atoms with Crippen molar-refractivity contribution in [2.75, 3.05) is 0 Å². The van der Waals surface area contributed by atoms with Gasteiger partial charge in [-0.05, 0) is 31.9 Å². The van der Waals surface area contributed by atoms with E-state index in [0.717, 1.165) is 22.4 Å². The molecule has 0 aromatic carbocycles. The van der Waals surface area contributed by atoms with E-state index in [0.29, 0.717) is 18.7 Å². The molecule has 2 N–H and O–H groups in total. The zero-order valence-corrected chi connectivity index (χ0v) is 13.0. The van der Waals surface area contributed by atoms with E-state index in [1.54, 1.807) is 12.4 Å². The molecule has 1 aliphatic heterocycles. The van der Waals surface area contributed by atoms with Gasteiger partial charge in [-0.1, -0.05) is 6.07 Å². The van der Waals surface area contributed by atoms with Crippen LogP contribution in [-0.2, 0) is 17.7 Å². The van der Waals surface area contributed by atoms with E-state index in [1.165, 1.54) is 0 Å². The zero-order valence-electron chi connectivity index (χ0n) is 13.0. The monoisotopic (exact) mass is 300 g/mol. The highest BCUT2D eigenvalue weighted by Crippen LogP contribution is 2.29. The minimum absolute atomic E-state index is 0.0613. The highest BCUT2D eigenvalue weighted by atomic mass is 16.5. The minimum atomic E-state index is -0.166. The average molecular weight is 300 g/mol. The predicted octanol–water partition coefficient (Wildman–Crippen LogP) is 2.07. The second-order valence-corrected chi connectivity index (χ2v) is 5.81. The lowest BCUT2D eigenvalue weighted by Gasteiger charge is -2.25. The molecule has 0 radical (unpaired) electrons. The van der Waals surface area contributed by atoms with Gasteiger partial charge in [0.15, 0.2) is 5.69 Å². The third kappa shape index (κ3) is 2.87. The van der Waals surface area contributed by atoms with Crippen LogP contribution in [0.1, 0.15) is 52.8 Å². The smallest absolute Gasteiger partial charge is 0.272 e. The van der Waals surface area contributed by atoms with Gasteiger partial charge in [0, 0.05) is 30.9 Å². The molecule has 3 heterocycles. The van der Waals surface area contributed by atoms with Crippen molar-refractivity contribution in [3.63, 3.8) is 0 Å². The van der Waals surface area contributed by atoms with Crippen LogP contribution in [0.15, 0.2) is 18.5 Å². The highest BCUT2D eigenvalue weighted by Gasteiger charge is 2.29. The number of nitrogens with zero attached hydrogens (tertiary/aromatic N) is 2. The lowest BCUT2D eigenvalue weighted by molar-refractivity contribution is -0.00697. The van der Waals surface area contributed by atoms with Crippen LogP contribution in [0.25, 0.3) is 0 Å². The maximum absolute atomic E-state index is 12.4. The normalized spacial score (nSPS) is 20.5. The number of fused-ring (bicyclic) bond motifs is 1. The Balaban J connectivity index is 1.73. The molecule has 2 aromatic rings. The Labute approximate surface area is 129 Å². The Bertz CT molecular complexity index is 695. The Morgan fingerprint density at radius 3 is 3.05 bits per heavy atom. The first kappa shape index (κ1) is 14.7. The van der Waals surface area contributed by atoms with Gasteiger partial charge in [-0.15, -0.1) is 0 Å². The number of aryl methyl sites for hydroxylation is 1. The summed E-state index contributed by atoms with van der Waals surface area (Å²) in [6.07, 6.45) is 4.27. The van der Waals surface area contributed by atoms with Crippen molar-refractivity contribution < 1.29 is 9.53 Å². The predicted molar refractivity (Wildman–Crippen MR) is 81.4 cm³/mol. The molecule has 1 amide bonds. The number of rotatable bonds is 3. The van der Waals surface area contributed by atoms with Gasteiger partial charge < -0.3 is 10.1 Å². The van der Waals surface area contributed by atoms with Crippen molar-refractivity contribution in [3.8, 4) is 0 Å². The first-order valence-electron chi connectivity index (χ1n) is 7.46. The number of nitrogens with one attached hydrogen (secondary N) is 2. The van der Waals surface area contributed by atoms with Gasteiger partial charge in [0.25, 0.3) is 5.91 Å². The summed E-state index contributed by atoms with van der Waals surface area (Å²) in [4.78, 5) is 16.5. The number of H-pyrrole nitrogens is 1. The third-order valence-electron chi connectivity index (χ3n) is 3.83. The fraction of sp³-hybridized carbons (Fsp3) is 0.438. The summed E-state index contributed by atoms with van der Waals surface area (Å²) < 4.78 is 5.74. The van der Waals surface area contributed by atoms with Gasteiger partial charge in [-0.2, -0.15) is 5.10 Å². The van der Waals surface area contributed by atoms with Crippen LogP contribution in [0.5, 0.6) is 0 Å². The number of ether oxygens (including phenoxy) is 1. The van der Waals surface area contributed by atoms with Crippen molar-refractivity contribution in [1.29, 1.82) is 0 Å². The highest BCUT2D eigenvalue weighted by molar-refractivity contribution is 5.94. The van der Waals surface area contributed by atoms with Crippen molar-refractivity contribution in [3.05, 3.63) is 46.5 Å². The van der Waals surface area contributed by atoms with Crippen LogP contribution in [0, 0.1) is 6.92 Å². The molecule has 6 heteroatoms. The SMILES string of the molecule is Cc1cncc(CNC(=O)c2n[nH]c3c2C[C@@H](C)O[C@H]3C)c1. The van der Waals surface area contributed by atoms with E-state index in [2.05, 4.69) is 20.5 Å². The molecule has 0 saturated carbocycles.